The molecule has 0 radical (unpaired) electrons. The van der Waals surface area contributed by atoms with Crippen molar-refractivity contribution in [3.8, 4) is 0 Å². The number of ether oxygens (including phenoxy) is 1. The number of hydrogen-bond acceptors (Lipinski definition) is 3. The minimum absolute atomic E-state index is 0.0244. The lowest BCUT2D eigenvalue weighted by Crippen LogP contribution is -2.35. The van der Waals surface area contributed by atoms with Gasteiger partial charge in [0.25, 0.3) is 0 Å². The summed E-state index contributed by atoms with van der Waals surface area (Å²) in [4.78, 5) is 24.4. The molecule has 104 valence electrons. The largest absolute Gasteiger partial charge is 0.462 e. The molecule has 1 heterocycles. The zero-order valence-electron chi connectivity index (χ0n) is 11.3. The van der Waals surface area contributed by atoms with E-state index in [2.05, 4.69) is 5.32 Å². The molecule has 4 heteroatoms. The van der Waals surface area contributed by atoms with E-state index >= 15 is 0 Å². The number of carbonyl (C=O) groups is 2. The van der Waals surface area contributed by atoms with E-state index < -0.39 is 0 Å². The molecule has 2 aliphatic carbocycles. The first-order valence-electron chi connectivity index (χ1n) is 7.21. The normalized spacial score (nSPS) is 37.0. The first kappa shape index (κ1) is 11.9. The van der Waals surface area contributed by atoms with Crippen molar-refractivity contribution in [1.29, 1.82) is 0 Å². The summed E-state index contributed by atoms with van der Waals surface area (Å²) >= 11 is 0. The molecule has 5 atom stereocenters. The fraction of sp³-hybridized carbons (Fsp3) is 0.500. The van der Waals surface area contributed by atoms with Crippen LogP contribution >= 0.6 is 0 Å². The number of fused-ring (bicyclic) bond motifs is 1. The molecule has 1 N–H and O–H groups in total. The summed E-state index contributed by atoms with van der Waals surface area (Å²) in [6.45, 7) is 2.01. The summed E-state index contributed by atoms with van der Waals surface area (Å²) in [5.74, 6) is -0.00220. The molecule has 1 saturated heterocycles. The van der Waals surface area contributed by atoms with Crippen LogP contribution in [0.5, 0.6) is 0 Å². The van der Waals surface area contributed by atoms with E-state index in [1.807, 2.05) is 31.2 Å². The van der Waals surface area contributed by atoms with Crippen molar-refractivity contribution >= 4 is 17.6 Å². The molecule has 1 aliphatic heterocycles. The van der Waals surface area contributed by atoms with Gasteiger partial charge in [-0.3, -0.25) is 9.59 Å². The molecule has 1 amide bonds. The molecule has 2 bridgehead atoms. The Bertz CT molecular complexity index is 578. The Hall–Kier alpha value is -1.84. The van der Waals surface area contributed by atoms with E-state index in [0.29, 0.717) is 5.92 Å². The van der Waals surface area contributed by atoms with E-state index in [1.165, 1.54) is 0 Å². The molecular formula is C16H17NO3. The highest BCUT2D eigenvalue weighted by molar-refractivity contribution is 5.96. The number of esters is 1. The second-order valence-electron chi connectivity index (χ2n) is 6.28. The Balaban J connectivity index is 1.54. The van der Waals surface area contributed by atoms with Crippen LogP contribution in [0.4, 0.5) is 5.69 Å². The summed E-state index contributed by atoms with van der Waals surface area (Å²) < 4.78 is 5.37. The van der Waals surface area contributed by atoms with Crippen molar-refractivity contribution in [2.45, 2.75) is 25.9 Å². The second-order valence-corrected chi connectivity index (χ2v) is 6.28. The topological polar surface area (TPSA) is 55.4 Å². The summed E-state index contributed by atoms with van der Waals surface area (Å²) in [5.41, 5.74) is 1.96. The number of benzene rings is 1. The first-order chi connectivity index (χ1) is 9.63. The van der Waals surface area contributed by atoms with Crippen LogP contribution in [0.3, 0.4) is 0 Å². The fourth-order valence-corrected chi connectivity index (χ4v) is 4.23. The monoisotopic (exact) mass is 271 g/mol. The van der Waals surface area contributed by atoms with Crippen LogP contribution < -0.4 is 5.32 Å². The van der Waals surface area contributed by atoms with Crippen molar-refractivity contribution in [2.75, 3.05) is 5.32 Å². The van der Waals surface area contributed by atoms with Crippen LogP contribution in [-0.2, 0) is 14.3 Å². The van der Waals surface area contributed by atoms with E-state index in [4.69, 9.17) is 4.74 Å². The van der Waals surface area contributed by atoms with E-state index in [0.717, 1.165) is 24.1 Å². The van der Waals surface area contributed by atoms with Gasteiger partial charge in [0.2, 0.25) is 5.91 Å². The minimum atomic E-state index is -0.204. The van der Waals surface area contributed by atoms with Crippen molar-refractivity contribution in [1.82, 2.24) is 0 Å². The molecule has 4 nitrogen and oxygen atoms in total. The molecule has 1 aromatic carbocycles. The zero-order chi connectivity index (χ0) is 13.9. The van der Waals surface area contributed by atoms with Crippen molar-refractivity contribution in [3.05, 3.63) is 29.8 Å². The molecule has 4 rings (SSSR count). The number of hydrogen-bond donors (Lipinski definition) is 1. The van der Waals surface area contributed by atoms with Gasteiger partial charge in [-0.15, -0.1) is 0 Å². The lowest BCUT2D eigenvalue weighted by molar-refractivity contribution is -0.145. The van der Waals surface area contributed by atoms with Crippen LogP contribution in [0.25, 0.3) is 0 Å². The number of anilines is 1. The molecule has 0 aromatic heterocycles. The van der Waals surface area contributed by atoms with Gasteiger partial charge in [0.15, 0.2) is 0 Å². The highest BCUT2D eigenvalue weighted by Gasteiger charge is 2.63. The van der Waals surface area contributed by atoms with Crippen molar-refractivity contribution in [2.24, 2.45) is 23.7 Å². The van der Waals surface area contributed by atoms with E-state index in [1.54, 1.807) is 0 Å². The number of amides is 1. The fourth-order valence-electron chi connectivity index (χ4n) is 4.23. The number of aryl methyl sites for hydroxylation is 1. The molecule has 0 spiro atoms. The molecule has 3 fully saturated rings. The van der Waals surface area contributed by atoms with Gasteiger partial charge in [-0.25, -0.2) is 0 Å². The SMILES string of the molecule is Cc1ccc(NC(=O)[C@@H]2[C@@H]3C[C@@H]4[C@@H]2C(=O)O[C@H]4C3)cc1. The van der Waals surface area contributed by atoms with Gasteiger partial charge in [-0.05, 0) is 37.8 Å². The third-order valence-electron chi connectivity index (χ3n) is 5.11. The van der Waals surface area contributed by atoms with Crippen LogP contribution in [0.2, 0.25) is 0 Å². The molecule has 2 saturated carbocycles. The average Bonchev–Trinajstić information content (AvgIpc) is 3.02. The van der Waals surface area contributed by atoms with Crippen LogP contribution in [0.15, 0.2) is 24.3 Å². The highest BCUT2D eigenvalue weighted by Crippen LogP contribution is 2.57. The van der Waals surface area contributed by atoms with E-state index in [9.17, 15) is 9.59 Å². The Morgan fingerprint density at radius 1 is 1.25 bits per heavy atom. The third kappa shape index (κ3) is 1.60. The predicted octanol–water partition coefficient (Wildman–Crippen LogP) is 2.13. The molecule has 20 heavy (non-hydrogen) atoms. The zero-order valence-corrected chi connectivity index (χ0v) is 11.3. The molecular weight excluding hydrogens is 254 g/mol. The summed E-state index contributed by atoms with van der Waals surface area (Å²) in [5, 5.41) is 2.95. The van der Waals surface area contributed by atoms with Gasteiger partial charge in [0.1, 0.15) is 6.10 Å². The van der Waals surface area contributed by atoms with Crippen molar-refractivity contribution < 1.29 is 14.3 Å². The van der Waals surface area contributed by atoms with Crippen LogP contribution in [0, 0.1) is 30.6 Å². The second kappa shape index (κ2) is 4.08. The summed E-state index contributed by atoms with van der Waals surface area (Å²) in [6, 6.07) is 7.74. The van der Waals surface area contributed by atoms with Crippen LogP contribution in [-0.4, -0.2) is 18.0 Å². The molecule has 0 unspecified atom stereocenters. The molecule has 1 aromatic rings. The third-order valence-corrected chi connectivity index (χ3v) is 5.11. The van der Waals surface area contributed by atoms with Gasteiger partial charge < -0.3 is 10.1 Å². The van der Waals surface area contributed by atoms with Gasteiger partial charge in [-0.2, -0.15) is 0 Å². The lowest BCUT2D eigenvalue weighted by atomic mass is 9.79. The Kier molecular flexibility index (Phi) is 2.43. The quantitative estimate of drug-likeness (QED) is 0.838. The average molecular weight is 271 g/mol. The number of nitrogens with one attached hydrogen (secondary N) is 1. The van der Waals surface area contributed by atoms with Gasteiger partial charge in [0, 0.05) is 11.6 Å². The summed E-state index contributed by atoms with van der Waals surface area (Å²) in [7, 11) is 0. The smallest absolute Gasteiger partial charge is 0.310 e. The Labute approximate surface area is 117 Å². The highest BCUT2D eigenvalue weighted by atomic mass is 16.6. The maximum absolute atomic E-state index is 12.5. The van der Waals surface area contributed by atoms with Gasteiger partial charge >= 0.3 is 5.97 Å². The minimum Gasteiger partial charge on any atom is -0.462 e. The predicted molar refractivity (Wildman–Crippen MR) is 72.9 cm³/mol. The van der Waals surface area contributed by atoms with Crippen molar-refractivity contribution in [3.63, 3.8) is 0 Å². The van der Waals surface area contributed by atoms with Crippen LogP contribution in [0.1, 0.15) is 18.4 Å². The van der Waals surface area contributed by atoms with Gasteiger partial charge in [0.05, 0.1) is 11.8 Å². The molecule has 3 aliphatic rings. The number of carbonyl (C=O) groups excluding carboxylic acids is 2. The summed E-state index contributed by atoms with van der Waals surface area (Å²) in [6.07, 6.45) is 1.91. The maximum atomic E-state index is 12.5. The van der Waals surface area contributed by atoms with Gasteiger partial charge in [-0.1, -0.05) is 17.7 Å². The van der Waals surface area contributed by atoms with E-state index in [-0.39, 0.29) is 35.7 Å². The Morgan fingerprint density at radius 3 is 2.75 bits per heavy atom. The lowest BCUT2D eigenvalue weighted by Gasteiger charge is -2.23. The number of rotatable bonds is 2. The standard InChI is InChI=1S/C16H17NO3/c1-8-2-4-10(5-3-8)17-15(18)13-9-6-11-12(7-9)20-16(19)14(11)13/h2-5,9,11-14H,6-7H2,1H3,(H,17,18)/t9-,11+,12+,13-,14+/m1/s1. The Morgan fingerprint density at radius 2 is 2.00 bits per heavy atom. The maximum Gasteiger partial charge on any atom is 0.310 e. The first-order valence-corrected chi connectivity index (χ1v) is 7.21.